The van der Waals surface area contributed by atoms with Crippen molar-refractivity contribution in [3.63, 3.8) is 0 Å². The van der Waals surface area contributed by atoms with Gasteiger partial charge in [0.25, 0.3) is 0 Å². The number of nitrogens with zero attached hydrogens (tertiary/aromatic N) is 2. The smallest absolute Gasteiger partial charge is 0.324 e. The SMILES string of the molecule is COc1cc2nccc(Oc3ccc(NC(=O)Nc4nc(C(C)(C)C)[nH]c4-c4ccc(F)cc4F)cc3)c2cc1OC. The molecule has 11 heteroatoms. The van der Waals surface area contributed by atoms with E-state index in [1.165, 1.54) is 6.07 Å². The van der Waals surface area contributed by atoms with E-state index >= 15 is 0 Å². The van der Waals surface area contributed by atoms with Gasteiger partial charge in [0.2, 0.25) is 0 Å². The first-order valence-corrected chi connectivity index (χ1v) is 13.0. The minimum absolute atomic E-state index is 0.0795. The molecular formula is C31H29F2N5O4. The van der Waals surface area contributed by atoms with Gasteiger partial charge in [0.1, 0.15) is 29.0 Å². The van der Waals surface area contributed by atoms with Crippen LogP contribution in [0.3, 0.4) is 0 Å². The van der Waals surface area contributed by atoms with Crippen molar-refractivity contribution in [3.8, 4) is 34.3 Å². The molecule has 2 heterocycles. The van der Waals surface area contributed by atoms with Crippen molar-refractivity contribution in [1.29, 1.82) is 0 Å². The zero-order valence-corrected chi connectivity index (χ0v) is 23.6. The average molecular weight is 574 g/mol. The number of carbonyl (C=O) groups excluding carboxylic acids is 1. The van der Waals surface area contributed by atoms with E-state index < -0.39 is 23.1 Å². The number of aromatic nitrogens is 3. The van der Waals surface area contributed by atoms with Crippen molar-refractivity contribution in [3.05, 3.63) is 84.3 Å². The lowest BCUT2D eigenvalue weighted by atomic mass is 9.96. The first kappa shape index (κ1) is 28.3. The highest BCUT2D eigenvalue weighted by atomic mass is 19.1. The molecule has 2 aromatic heterocycles. The maximum atomic E-state index is 14.6. The van der Waals surface area contributed by atoms with Gasteiger partial charge in [0.05, 0.1) is 25.4 Å². The summed E-state index contributed by atoms with van der Waals surface area (Å²) in [6.07, 6.45) is 1.63. The molecule has 0 saturated heterocycles. The third kappa shape index (κ3) is 5.95. The zero-order chi connectivity index (χ0) is 30.0. The predicted octanol–water partition coefficient (Wildman–Crippen LogP) is 7.65. The molecule has 5 aromatic rings. The molecule has 0 fully saturated rings. The summed E-state index contributed by atoms with van der Waals surface area (Å²) in [4.78, 5) is 24.8. The van der Waals surface area contributed by atoms with Crippen molar-refractivity contribution in [2.75, 3.05) is 24.9 Å². The molecule has 0 radical (unpaired) electrons. The molecule has 9 nitrogen and oxygen atoms in total. The van der Waals surface area contributed by atoms with Crippen LogP contribution in [0.4, 0.5) is 25.1 Å². The second-order valence-electron chi connectivity index (χ2n) is 10.4. The van der Waals surface area contributed by atoms with Crippen molar-refractivity contribution in [2.24, 2.45) is 0 Å². The number of carbonyl (C=O) groups is 1. The maximum absolute atomic E-state index is 14.6. The second kappa shape index (κ2) is 11.4. The number of imidazole rings is 1. The van der Waals surface area contributed by atoms with Gasteiger partial charge < -0.3 is 24.5 Å². The summed E-state index contributed by atoms with van der Waals surface area (Å²) < 4.78 is 45.0. The van der Waals surface area contributed by atoms with E-state index in [0.717, 1.165) is 17.5 Å². The third-order valence-electron chi connectivity index (χ3n) is 6.39. The summed E-state index contributed by atoms with van der Waals surface area (Å²) in [5, 5.41) is 6.14. The zero-order valence-electron chi connectivity index (χ0n) is 23.6. The Hall–Kier alpha value is -5.19. The average Bonchev–Trinajstić information content (AvgIpc) is 3.37. The third-order valence-corrected chi connectivity index (χ3v) is 6.39. The van der Waals surface area contributed by atoms with Crippen LogP contribution in [0.1, 0.15) is 26.6 Å². The van der Waals surface area contributed by atoms with E-state index in [-0.39, 0.29) is 17.1 Å². The number of methoxy groups -OCH3 is 2. The Morgan fingerprint density at radius 3 is 2.26 bits per heavy atom. The molecule has 42 heavy (non-hydrogen) atoms. The number of nitrogens with one attached hydrogen (secondary N) is 3. The van der Waals surface area contributed by atoms with Gasteiger partial charge in [-0.1, -0.05) is 20.8 Å². The summed E-state index contributed by atoms with van der Waals surface area (Å²) >= 11 is 0. The van der Waals surface area contributed by atoms with Gasteiger partial charge in [-0.2, -0.15) is 0 Å². The minimum atomic E-state index is -0.780. The number of hydrogen-bond donors (Lipinski definition) is 3. The van der Waals surface area contributed by atoms with Gasteiger partial charge in [-0.05, 0) is 48.5 Å². The molecule has 0 unspecified atom stereocenters. The van der Waals surface area contributed by atoms with Gasteiger partial charge >= 0.3 is 6.03 Å². The number of H-pyrrole nitrogens is 1. The Bertz CT molecular complexity index is 1760. The van der Waals surface area contributed by atoms with Crippen molar-refractivity contribution in [2.45, 2.75) is 26.2 Å². The largest absolute Gasteiger partial charge is 0.493 e. The predicted molar refractivity (Wildman–Crippen MR) is 157 cm³/mol. The number of benzene rings is 3. The van der Waals surface area contributed by atoms with E-state index in [4.69, 9.17) is 14.2 Å². The molecule has 0 atom stereocenters. The molecule has 0 aliphatic rings. The normalized spacial score (nSPS) is 11.3. The number of anilines is 2. The van der Waals surface area contributed by atoms with Crippen LogP contribution >= 0.6 is 0 Å². The molecule has 0 spiro atoms. The van der Waals surface area contributed by atoms with Crippen LogP contribution < -0.4 is 24.8 Å². The lowest BCUT2D eigenvalue weighted by molar-refractivity contribution is 0.262. The van der Waals surface area contributed by atoms with Crippen LogP contribution in [-0.4, -0.2) is 35.2 Å². The molecule has 3 N–H and O–H groups in total. The fraction of sp³-hybridized carbons (Fsp3) is 0.194. The van der Waals surface area contributed by atoms with E-state index in [1.807, 2.05) is 20.8 Å². The van der Waals surface area contributed by atoms with E-state index in [9.17, 15) is 13.6 Å². The Kier molecular flexibility index (Phi) is 7.66. The Balaban J connectivity index is 1.33. The van der Waals surface area contributed by atoms with Gasteiger partial charge in [0.15, 0.2) is 17.3 Å². The molecule has 0 bridgehead atoms. The number of aromatic amines is 1. The van der Waals surface area contributed by atoms with Gasteiger partial charge in [-0.3, -0.25) is 10.3 Å². The van der Waals surface area contributed by atoms with E-state index in [1.54, 1.807) is 62.9 Å². The van der Waals surface area contributed by atoms with Crippen molar-refractivity contribution >= 4 is 28.4 Å². The van der Waals surface area contributed by atoms with Crippen LogP contribution in [0.25, 0.3) is 22.2 Å². The number of rotatable bonds is 7. The fourth-order valence-corrected chi connectivity index (χ4v) is 4.25. The topological polar surface area (TPSA) is 110 Å². The highest BCUT2D eigenvalue weighted by Gasteiger charge is 2.24. The molecule has 5 rings (SSSR count). The van der Waals surface area contributed by atoms with Crippen LogP contribution in [0.15, 0.2) is 66.9 Å². The number of hydrogen-bond acceptors (Lipinski definition) is 6. The first-order valence-electron chi connectivity index (χ1n) is 13.0. The lowest BCUT2D eigenvalue weighted by Crippen LogP contribution is -2.20. The molecule has 216 valence electrons. The summed E-state index contributed by atoms with van der Waals surface area (Å²) in [6, 6.07) is 14.7. The number of urea groups is 1. The Labute approximate surface area is 240 Å². The molecule has 0 aliphatic heterocycles. The summed E-state index contributed by atoms with van der Waals surface area (Å²) in [7, 11) is 3.11. The highest BCUT2D eigenvalue weighted by molar-refractivity contribution is 6.01. The fourth-order valence-electron chi connectivity index (χ4n) is 4.25. The van der Waals surface area contributed by atoms with E-state index in [2.05, 4.69) is 25.6 Å². The minimum Gasteiger partial charge on any atom is -0.493 e. The molecule has 0 aliphatic carbocycles. The highest BCUT2D eigenvalue weighted by Crippen LogP contribution is 2.37. The molecular weight excluding hydrogens is 544 g/mol. The summed E-state index contributed by atoms with van der Waals surface area (Å²) in [5.74, 6) is 1.35. The van der Waals surface area contributed by atoms with Gasteiger partial charge in [-0.15, -0.1) is 0 Å². The van der Waals surface area contributed by atoms with Crippen molar-refractivity contribution < 1.29 is 27.8 Å². The number of ether oxygens (including phenoxy) is 3. The monoisotopic (exact) mass is 573 g/mol. The Morgan fingerprint density at radius 2 is 1.60 bits per heavy atom. The van der Waals surface area contributed by atoms with Crippen LogP contribution in [0.2, 0.25) is 0 Å². The van der Waals surface area contributed by atoms with Gasteiger partial charge in [0, 0.05) is 40.4 Å². The molecule has 2 amide bonds. The quantitative estimate of drug-likeness (QED) is 0.184. The number of amides is 2. The number of halogens is 2. The Morgan fingerprint density at radius 1 is 0.881 bits per heavy atom. The second-order valence-corrected chi connectivity index (χ2v) is 10.4. The summed E-state index contributed by atoms with van der Waals surface area (Å²) in [6.45, 7) is 5.77. The first-order chi connectivity index (χ1) is 20.0. The maximum Gasteiger partial charge on any atom is 0.324 e. The molecule has 0 saturated carbocycles. The number of fused-ring (bicyclic) bond motifs is 1. The standard InChI is InChI=1S/C31H29F2N5O4/c1-31(2,3)29-36-27(20-11-6-17(32)14-22(20)33)28(37-29)38-30(39)35-18-7-9-19(10-8-18)42-24-12-13-34-23-16-26(41-5)25(40-4)15-21(23)24/h6-16H,1-5H3,(H,36,37)(H2,35,38,39). The molecule has 3 aromatic carbocycles. The lowest BCUT2D eigenvalue weighted by Gasteiger charge is -2.14. The van der Waals surface area contributed by atoms with E-state index in [0.29, 0.717) is 40.0 Å². The van der Waals surface area contributed by atoms with Crippen molar-refractivity contribution in [1.82, 2.24) is 15.0 Å². The van der Waals surface area contributed by atoms with Gasteiger partial charge in [-0.25, -0.2) is 18.6 Å². The van der Waals surface area contributed by atoms with Crippen LogP contribution in [0.5, 0.6) is 23.0 Å². The number of pyridine rings is 1. The van der Waals surface area contributed by atoms with Crippen LogP contribution in [-0.2, 0) is 5.41 Å². The van der Waals surface area contributed by atoms with Crippen LogP contribution in [0, 0.1) is 11.6 Å². The summed E-state index contributed by atoms with van der Waals surface area (Å²) in [5.41, 5.74) is 1.04.